The molecule has 3 amide bonds. The monoisotopic (exact) mass is 512 g/mol. The van der Waals surface area contributed by atoms with Gasteiger partial charge in [0, 0.05) is 33.0 Å². The van der Waals surface area contributed by atoms with E-state index in [1.807, 2.05) is 0 Å². The molecule has 0 fully saturated rings. The highest BCUT2D eigenvalue weighted by atomic mass is 16.3. The molecule has 11 heteroatoms. The number of phenols is 2. The van der Waals surface area contributed by atoms with Crippen LogP contribution >= 0.6 is 0 Å². The van der Waals surface area contributed by atoms with Gasteiger partial charge in [0.2, 0.25) is 17.7 Å². The SMILES string of the molecule is CNCCNC(=O)[C@@H]1Cc2cc(ccc2O)-c2ccc(O)c(c2)C[C@H](N)C(=O)N[C@@H](CCN)C(=O)N1C. The van der Waals surface area contributed by atoms with Crippen molar-refractivity contribution in [3.8, 4) is 22.6 Å². The maximum absolute atomic E-state index is 13.5. The summed E-state index contributed by atoms with van der Waals surface area (Å²) >= 11 is 0. The third kappa shape index (κ3) is 6.76. The third-order valence-corrected chi connectivity index (χ3v) is 6.54. The van der Waals surface area contributed by atoms with Crippen LogP contribution in [0.3, 0.4) is 0 Å². The number of likely N-dealkylation sites (N-methyl/N-ethyl adjacent to an activating group) is 2. The number of benzene rings is 2. The molecule has 0 saturated carbocycles. The van der Waals surface area contributed by atoms with Crippen molar-refractivity contribution >= 4 is 17.7 Å². The molecule has 0 spiro atoms. The topological polar surface area (TPSA) is 183 Å². The van der Waals surface area contributed by atoms with Crippen molar-refractivity contribution in [3.05, 3.63) is 47.5 Å². The molecule has 0 unspecified atom stereocenters. The Labute approximate surface area is 216 Å². The Morgan fingerprint density at radius 3 is 2.22 bits per heavy atom. The molecule has 3 rings (SSSR count). The normalized spacial score (nSPS) is 20.5. The molecule has 4 bridgehead atoms. The van der Waals surface area contributed by atoms with Crippen LogP contribution in [0.2, 0.25) is 0 Å². The van der Waals surface area contributed by atoms with Gasteiger partial charge in [-0.05, 0) is 66.5 Å². The van der Waals surface area contributed by atoms with E-state index >= 15 is 0 Å². The van der Waals surface area contributed by atoms with Crippen LogP contribution in [-0.2, 0) is 27.2 Å². The minimum Gasteiger partial charge on any atom is -0.508 e. The lowest BCUT2D eigenvalue weighted by molar-refractivity contribution is -0.142. The van der Waals surface area contributed by atoms with Crippen molar-refractivity contribution in [1.29, 1.82) is 0 Å². The van der Waals surface area contributed by atoms with Gasteiger partial charge in [0.15, 0.2) is 0 Å². The summed E-state index contributed by atoms with van der Waals surface area (Å²) in [6.07, 6.45) is 0.199. The first kappa shape index (κ1) is 27.9. The van der Waals surface area contributed by atoms with Crippen LogP contribution in [0.25, 0.3) is 11.1 Å². The molecule has 0 aliphatic carbocycles. The zero-order valence-electron chi connectivity index (χ0n) is 21.2. The third-order valence-electron chi connectivity index (χ3n) is 6.54. The standard InChI is InChI=1S/C26H36N6O5/c1-29-9-10-30-25(36)21-14-18-12-16(4-6-23(18)34)15-3-5-22(33)17(11-15)13-19(28)24(35)31-20(7-8-27)26(37)32(21)2/h3-6,11-12,19-21,29,33-34H,7-10,13-14,27-28H2,1-2H3,(H,30,36)(H,31,35)/t19-,20-,21-/m0/s1. The van der Waals surface area contributed by atoms with E-state index in [2.05, 4.69) is 16.0 Å². The lowest BCUT2D eigenvalue weighted by atomic mass is 9.95. The molecule has 2 aromatic carbocycles. The van der Waals surface area contributed by atoms with E-state index in [1.54, 1.807) is 31.3 Å². The lowest BCUT2D eigenvalue weighted by Gasteiger charge is -2.31. The van der Waals surface area contributed by atoms with E-state index in [4.69, 9.17) is 11.5 Å². The fraction of sp³-hybridized carbons (Fsp3) is 0.423. The molecule has 200 valence electrons. The number of rotatable bonds is 6. The zero-order valence-corrected chi connectivity index (χ0v) is 21.2. The van der Waals surface area contributed by atoms with E-state index in [0.29, 0.717) is 24.2 Å². The minimum absolute atomic E-state index is 0.0112. The van der Waals surface area contributed by atoms with Crippen molar-refractivity contribution in [3.63, 3.8) is 0 Å². The van der Waals surface area contributed by atoms with Gasteiger partial charge in [-0.25, -0.2) is 0 Å². The summed E-state index contributed by atoms with van der Waals surface area (Å²) in [7, 11) is 3.25. The Hall–Kier alpha value is -3.67. The van der Waals surface area contributed by atoms with E-state index in [0.717, 1.165) is 11.1 Å². The Morgan fingerprint density at radius 1 is 1.05 bits per heavy atom. The van der Waals surface area contributed by atoms with Gasteiger partial charge in [-0.2, -0.15) is 0 Å². The molecule has 1 aliphatic rings. The Bertz CT molecular complexity index is 1140. The van der Waals surface area contributed by atoms with Gasteiger partial charge in [0.25, 0.3) is 0 Å². The molecule has 11 nitrogen and oxygen atoms in total. The van der Waals surface area contributed by atoms with Crippen LogP contribution < -0.4 is 27.4 Å². The quantitative estimate of drug-likeness (QED) is 0.245. The summed E-state index contributed by atoms with van der Waals surface area (Å²) in [6.45, 7) is 0.988. The van der Waals surface area contributed by atoms with Gasteiger partial charge in [0.1, 0.15) is 23.6 Å². The fourth-order valence-electron chi connectivity index (χ4n) is 4.33. The van der Waals surface area contributed by atoms with Crippen LogP contribution in [0.15, 0.2) is 36.4 Å². The molecule has 37 heavy (non-hydrogen) atoms. The second-order valence-electron chi connectivity index (χ2n) is 9.20. The summed E-state index contributed by atoms with van der Waals surface area (Å²) in [4.78, 5) is 40.9. The number of amides is 3. The van der Waals surface area contributed by atoms with Gasteiger partial charge >= 0.3 is 0 Å². The lowest BCUT2D eigenvalue weighted by Crippen LogP contribution is -2.57. The summed E-state index contributed by atoms with van der Waals surface area (Å²) in [5, 5.41) is 29.5. The number of carbonyl (C=O) groups excluding carboxylic acids is 3. The first-order chi connectivity index (χ1) is 17.7. The zero-order chi connectivity index (χ0) is 27.1. The molecule has 2 aromatic rings. The maximum Gasteiger partial charge on any atom is 0.245 e. The number of nitrogens with one attached hydrogen (secondary N) is 3. The molecule has 1 aliphatic heterocycles. The average molecular weight is 513 g/mol. The Kier molecular flexibility index (Phi) is 9.45. The predicted octanol–water partition coefficient (Wildman–Crippen LogP) is -0.813. The molecular weight excluding hydrogens is 476 g/mol. The minimum atomic E-state index is -1.04. The van der Waals surface area contributed by atoms with Crippen LogP contribution in [0, 0.1) is 0 Å². The highest BCUT2D eigenvalue weighted by Crippen LogP contribution is 2.31. The Morgan fingerprint density at radius 2 is 1.65 bits per heavy atom. The molecule has 1 heterocycles. The predicted molar refractivity (Wildman–Crippen MR) is 140 cm³/mol. The molecule has 0 saturated heterocycles. The summed E-state index contributed by atoms with van der Waals surface area (Å²) < 4.78 is 0. The fourth-order valence-corrected chi connectivity index (χ4v) is 4.33. The molecule has 3 atom stereocenters. The molecular formula is C26H36N6O5. The van der Waals surface area contributed by atoms with E-state index in [-0.39, 0.29) is 37.3 Å². The summed E-state index contributed by atoms with van der Waals surface area (Å²) in [5.41, 5.74) is 14.3. The van der Waals surface area contributed by atoms with Crippen LogP contribution in [0.4, 0.5) is 0 Å². The highest BCUT2D eigenvalue weighted by molar-refractivity contribution is 5.93. The smallest absolute Gasteiger partial charge is 0.245 e. The number of phenolic OH excluding ortho intramolecular Hbond substituents is 2. The number of hydrogen-bond donors (Lipinski definition) is 7. The largest absolute Gasteiger partial charge is 0.508 e. The van der Waals surface area contributed by atoms with Crippen molar-refractivity contribution < 1.29 is 24.6 Å². The van der Waals surface area contributed by atoms with Gasteiger partial charge in [0.05, 0.1) is 6.04 Å². The number of carbonyl (C=O) groups is 3. The van der Waals surface area contributed by atoms with E-state index in [1.165, 1.54) is 24.1 Å². The summed E-state index contributed by atoms with van der Waals surface area (Å²) in [6, 6.07) is 6.94. The average Bonchev–Trinajstić information content (AvgIpc) is 2.88. The van der Waals surface area contributed by atoms with Crippen molar-refractivity contribution in [1.82, 2.24) is 20.9 Å². The van der Waals surface area contributed by atoms with Gasteiger partial charge in [-0.15, -0.1) is 0 Å². The second kappa shape index (κ2) is 12.5. The van der Waals surface area contributed by atoms with Gasteiger partial charge < -0.3 is 42.5 Å². The van der Waals surface area contributed by atoms with Gasteiger partial charge in [-0.3, -0.25) is 14.4 Å². The van der Waals surface area contributed by atoms with Crippen molar-refractivity contribution in [2.24, 2.45) is 11.5 Å². The molecule has 0 radical (unpaired) electrons. The van der Waals surface area contributed by atoms with Crippen LogP contribution in [0.1, 0.15) is 17.5 Å². The number of fused-ring (bicyclic) bond motifs is 5. The van der Waals surface area contributed by atoms with Crippen molar-refractivity contribution in [2.75, 3.05) is 33.7 Å². The first-order valence-corrected chi connectivity index (χ1v) is 12.2. The van der Waals surface area contributed by atoms with Crippen molar-refractivity contribution in [2.45, 2.75) is 37.4 Å². The number of aromatic hydroxyl groups is 2. The molecule has 9 N–H and O–H groups in total. The number of nitrogens with two attached hydrogens (primary N) is 2. The Balaban J connectivity index is 2.12. The van der Waals surface area contributed by atoms with Crippen LogP contribution in [0.5, 0.6) is 11.5 Å². The van der Waals surface area contributed by atoms with E-state index in [9.17, 15) is 24.6 Å². The maximum atomic E-state index is 13.5. The first-order valence-electron chi connectivity index (χ1n) is 12.2. The van der Waals surface area contributed by atoms with Crippen LogP contribution in [-0.4, -0.2) is 84.7 Å². The summed E-state index contributed by atoms with van der Waals surface area (Å²) in [5.74, 6) is -1.51. The number of hydrogen-bond acceptors (Lipinski definition) is 8. The van der Waals surface area contributed by atoms with E-state index < -0.39 is 35.8 Å². The highest BCUT2D eigenvalue weighted by Gasteiger charge is 2.33. The molecule has 0 aromatic heterocycles. The second-order valence-corrected chi connectivity index (χ2v) is 9.20. The number of nitrogens with zero attached hydrogens (tertiary/aromatic N) is 1. The van der Waals surface area contributed by atoms with Gasteiger partial charge in [-0.1, -0.05) is 12.1 Å².